The number of rotatable bonds is 6. The van der Waals surface area contributed by atoms with Gasteiger partial charge in [-0.25, -0.2) is 13.3 Å². The minimum absolute atomic E-state index is 0.377. The largest absolute Gasteiger partial charge is 0.306 e. The zero-order valence-corrected chi connectivity index (χ0v) is 18.2. The van der Waals surface area contributed by atoms with Gasteiger partial charge in [-0.05, 0) is 74.6 Å². The number of aryl methyl sites for hydroxylation is 1. The Labute approximate surface area is 174 Å². The van der Waals surface area contributed by atoms with Crippen molar-refractivity contribution in [2.45, 2.75) is 26.3 Å². The zero-order chi connectivity index (χ0) is 21.0. The van der Waals surface area contributed by atoms with Crippen LogP contribution >= 0.6 is 0 Å². The van der Waals surface area contributed by atoms with Crippen molar-refractivity contribution in [3.63, 3.8) is 0 Å². The molecule has 1 saturated heterocycles. The molecular weight excluding hydrogens is 382 g/mol. The third kappa shape index (κ3) is 5.89. The monoisotopic (exact) mass is 411 g/mol. The normalized spacial score (nSPS) is 16.1. The second-order valence-electron chi connectivity index (χ2n) is 8.17. The van der Waals surface area contributed by atoms with E-state index in [1.165, 1.54) is 6.26 Å². The molecule has 1 heterocycles. The van der Waals surface area contributed by atoms with Gasteiger partial charge in [0, 0.05) is 13.1 Å². The summed E-state index contributed by atoms with van der Waals surface area (Å²) in [5.74, 6) is 0.403. The molecule has 0 saturated carbocycles. The van der Waals surface area contributed by atoms with Gasteiger partial charge in [0.15, 0.2) is 5.69 Å². The molecule has 0 spiro atoms. The van der Waals surface area contributed by atoms with Crippen molar-refractivity contribution in [2.24, 2.45) is 5.92 Å². The smallest absolute Gasteiger partial charge is 0.211 e. The number of hydrogen-bond donors (Lipinski definition) is 0. The Bertz CT molecular complexity index is 1000. The van der Waals surface area contributed by atoms with Crippen molar-refractivity contribution in [1.82, 2.24) is 9.21 Å². The van der Waals surface area contributed by atoms with E-state index >= 15 is 0 Å². The van der Waals surface area contributed by atoms with Crippen molar-refractivity contribution in [3.8, 4) is 11.1 Å². The van der Waals surface area contributed by atoms with E-state index in [1.54, 1.807) is 10.4 Å². The van der Waals surface area contributed by atoms with E-state index in [9.17, 15) is 8.42 Å². The Kier molecular flexibility index (Phi) is 6.74. The van der Waals surface area contributed by atoms with Crippen molar-refractivity contribution >= 4 is 15.7 Å². The minimum atomic E-state index is -3.30. The summed E-state index contributed by atoms with van der Waals surface area (Å²) in [6.45, 7) is 12.2. The lowest BCUT2D eigenvalue weighted by atomic mass is 9.96. The van der Waals surface area contributed by atoms with Crippen LogP contribution in [-0.4, -0.2) is 50.6 Å². The first kappa shape index (κ1) is 21.5. The van der Waals surface area contributed by atoms with E-state index in [2.05, 4.69) is 28.9 Å². The summed E-state index contributed by atoms with van der Waals surface area (Å²) in [5.41, 5.74) is 4.65. The molecule has 29 heavy (non-hydrogen) atoms. The van der Waals surface area contributed by atoms with Crippen molar-refractivity contribution in [2.75, 3.05) is 32.9 Å². The molecule has 3 rings (SSSR count). The molecule has 5 nitrogen and oxygen atoms in total. The van der Waals surface area contributed by atoms with Gasteiger partial charge in [0.05, 0.1) is 12.8 Å². The lowest BCUT2D eigenvalue weighted by molar-refractivity contribution is 0.194. The molecule has 1 aliphatic rings. The second-order valence-corrected chi connectivity index (χ2v) is 10.2. The van der Waals surface area contributed by atoms with Crippen LogP contribution in [0, 0.1) is 19.4 Å². The Balaban J connectivity index is 1.84. The summed E-state index contributed by atoms with van der Waals surface area (Å²) in [7, 11) is -1.18. The average molecular weight is 412 g/mol. The summed E-state index contributed by atoms with van der Waals surface area (Å²) in [5, 5.41) is 0. The van der Waals surface area contributed by atoms with Gasteiger partial charge in [-0.3, -0.25) is 0 Å². The first-order chi connectivity index (χ1) is 13.7. The maximum atomic E-state index is 12.5. The lowest BCUT2D eigenvalue weighted by Gasteiger charge is -2.32. The highest BCUT2D eigenvalue weighted by atomic mass is 32.2. The van der Waals surface area contributed by atoms with Crippen LogP contribution in [-0.2, 0) is 16.6 Å². The van der Waals surface area contributed by atoms with E-state index in [0.29, 0.717) is 24.7 Å². The fourth-order valence-electron chi connectivity index (χ4n) is 3.93. The molecule has 0 aliphatic carbocycles. The van der Waals surface area contributed by atoms with Crippen LogP contribution in [0.3, 0.4) is 0 Å². The molecule has 0 N–H and O–H groups in total. The third-order valence-corrected chi connectivity index (χ3v) is 6.79. The number of likely N-dealkylation sites (tertiary alicyclic amines) is 1. The van der Waals surface area contributed by atoms with Crippen LogP contribution in [0.1, 0.15) is 24.0 Å². The molecule has 0 atom stereocenters. The molecule has 1 fully saturated rings. The summed E-state index contributed by atoms with van der Waals surface area (Å²) < 4.78 is 26.6. The molecular formula is C23H29N3O2S. The fraction of sp³-hybridized carbons (Fsp3) is 0.435. The number of benzene rings is 2. The predicted molar refractivity (Wildman–Crippen MR) is 118 cm³/mol. The molecule has 0 radical (unpaired) electrons. The van der Waals surface area contributed by atoms with E-state index in [-0.39, 0.29) is 0 Å². The van der Waals surface area contributed by atoms with Crippen LogP contribution < -0.4 is 0 Å². The van der Waals surface area contributed by atoms with Gasteiger partial charge < -0.3 is 4.90 Å². The predicted octanol–water partition coefficient (Wildman–Crippen LogP) is 4.32. The van der Waals surface area contributed by atoms with Crippen LogP contribution in [0.15, 0.2) is 42.5 Å². The first-order valence-electron chi connectivity index (χ1n) is 9.97. The molecule has 154 valence electrons. The molecule has 2 aromatic rings. The molecule has 0 unspecified atom stereocenters. The topological polar surface area (TPSA) is 45.0 Å². The molecule has 1 aliphatic heterocycles. The molecule has 6 heteroatoms. The van der Waals surface area contributed by atoms with E-state index in [0.717, 1.165) is 48.2 Å². The molecule has 0 bridgehead atoms. The average Bonchev–Trinajstić information content (AvgIpc) is 2.68. The van der Waals surface area contributed by atoms with E-state index in [1.807, 2.05) is 31.2 Å². The number of piperidine rings is 1. The third-order valence-electron chi connectivity index (χ3n) is 5.57. The van der Waals surface area contributed by atoms with Gasteiger partial charge in [0.2, 0.25) is 10.0 Å². The maximum Gasteiger partial charge on any atom is 0.211 e. The standard InChI is InChI=1S/C23H29N3O2S/c1-18-12-20(14-22(13-18)21-6-5-7-23(15-21)24-2)17-26(29(4,27)28)16-19-8-10-25(3)11-9-19/h5-7,12-15,19H,8-11,16-17H2,1,3-4H3. The number of sulfonamides is 1. The van der Waals surface area contributed by atoms with Gasteiger partial charge in [-0.2, -0.15) is 4.31 Å². The van der Waals surface area contributed by atoms with Crippen molar-refractivity contribution in [1.29, 1.82) is 0 Å². The molecule has 0 amide bonds. The van der Waals surface area contributed by atoms with Crippen LogP contribution in [0.4, 0.5) is 5.69 Å². The van der Waals surface area contributed by atoms with Gasteiger partial charge >= 0.3 is 0 Å². The highest BCUT2D eigenvalue weighted by Crippen LogP contribution is 2.27. The first-order valence-corrected chi connectivity index (χ1v) is 11.8. The Hall–Kier alpha value is -2.20. The van der Waals surface area contributed by atoms with E-state index < -0.39 is 10.0 Å². The van der Waals surface area contributed by atoms with Gasteiger partial charge in [0.1, 0.15) is 0 Å². The molecule has 2 aromatic carbocycles. The SMILES string of the molecule is [C-]#[N+]c1cccc(-c2cc(C)cc(CN(CC3CCN(C)CC3)S(C)(=O)=O)c2)c1. The van der Waals surface area contributed by atoms with Crippen LogP contribution in [0.2, 0.25) is 0 Å². The maximum absolute atomic E-state index is 12.5. The van der Waals surface area contributed by atoms with Gasteiger partial charge in [-0.15, -0.1) is 0 Å². The summed E-state index contributed by atoms with van der Waals surface area (Å²) >= 11 is 0. The lowest BCUT2D eigenvalue weighted by Crippen LogP contribution is -2.39. The number of hydrogen-bond acceptors (Lipinski definition) is 3. The summed E-state index contributed by atoms with van der Waals surface area (Å²) in [4.78, 5) is 5.81. The molecule has 0 aromatic heterocycles. The van der Waals surface area contributed by atoms with Gasteiger partial charge in [0.25, 0.3) is 0 Å². The Morgan fingerprint density at radius 3 is 2.52 bits per heavy atom. The van der Waals surface area contributed by atoms with Crippen molar-refractivity contribution < 1.29 is 8.42 Å². The Morgan fingerprint density at radius 1 is 1.14 bits per heavy atom. The summed E-state index contributed by atoms with van der Waals surface area (Å²) in [6, 6.07) is 13.7. The highest BCUT2D eigenvalue weighted by Gasteiger charge is 2.24. The fourth-order valence-corrected chi connectivity index (χ4v) is 4.79. The number of nitrogens with zero attached hydrogens (tertiary/aromatic N) is 3. The van der Waals surface area contributed by atoms with Crippen LogP contribution in [0.5, 0.6) is 0 Å². The van der Waals surface area contributed by atoms with E-state index in [4.69, 9.17) is 6.57 Å². The quantitative estimate of drug-likeness (QED) is 0.665. The highest BCUT2D eigenvalue weighted by molar-refractivity contribution is 7.88. The zero-order valence-electron chi connectivity index (χ0n) is 17.4. The minimum Gasteiger partial charge on any atom is -0.306 e. The van der Waals surface area contributed by atoms with Crippen molar-refractivity contribution in [3.05, 3.63) is 65.0 Å². The summed E-state index contributed by atoms with van der Waals surface area (Å²) in [6.07, 6.45) is 3.37. The Morgan fingerprint density at radius 2 is 1.86 bits per heavy atom. The second kappa shape index (κ2) is 9.08. The van der Waals surface area contributed by atoms with Gasteiger partial charge in [-0.1, -0.05) is 35.9 Å². The van der Waals surface area contributed by atoms with Crippen LogP contribution in [0.25, 0.3) is 16.0 Å².